The Balaban J connectivity index is 2.20. The second-order valence-corrected chi connectivity index (χ2v) is 4.91. The Labute approximate surface area is 121 Å². The fourth-order valence-electron chi connectivity index (χ4n) is 1.60. The number of rotatable bonds is 4. The van der Waals surface area contributed by atoms with Crippen LogP contribution in [0.5, 0.6) is 5.75 Å². The third-order valence-electron chi connectivity index (χ3n) is 2.52. The molecule has 0 aliphatic heterocycles. The summed E-state index contributed by atoms with van der Waals surface area (Å²) in [7, 11) is 0. The monoisotopic (exact) mass is 342 g/mol. The van der Waals surface area contributed by atoms with E-state index in [0.717, 1.165) is 22.2 Å². The van der Waals surface area contributed by atoms with Crippen LogP contribution in [0.3, 0.4) is 0 Å². The highest BCUT2D eigenvalue weighted by Crippen LogP contribution is 2.24. The third-order valence-corrected chi connectivity index (χ3v) is 3.01. The Kier molecular flexibility index (Phi) is 4.34. The van der Waals surface area contributed by atoms with Crippen molar-refractivity contribution in [3.63, 3.8) is 0 Å². The zero-order valence-electron chi connectivity index (χ0n) is 10.1. The summed E-state index contributed by atoms with van der Waals surface area (Å²) in [5, 5.41) is 8.68. The van der Waals surface area contributed by atoms with Crippen molar-refractivity contribution in [2.75, 3.05) is 0 Å². The van der Waals surface area contributed by atoms with Gasteiger partial charge in [0, 0.05) is 4.47 Å². The molecule has 3 nitrogen and oxygen atoms in total. The molecule has 2 aromatic rings. The summed E-state index contributed by atoms with van der Waals surface area (Å²) in [4.78, 5) is 10.7. The molecule has 0 aliphatic carbocycles. The van der Waals surface area contributed by atoms with Gasteiger partial charge in [0.1, 0.15) is 6.61 Å². The van der Waals surface area contributed by atoms with E-state index < -0.39 is 28.9 Å². The van der Waals surface area contributed by atoms with Gasteiger partial charge in [-0.1, -0.05) is 28.1 Å². The van der Waals surface area contributed by atoms with Gasteiger partial charge in [0.05, 0.1) is 5.56 Å². The van der Waals surface area contributed by atoms with Crippen LogP contribution in [0.25, 0.3) is 0 Å². The lowest BCUT2D eigenvalue weighted by Gasteiger charge is -2.09. The first kappa shape index (κ1) is 14.5. The number of carboxylic acid groups (broad SMARTS) is 1. The van der Waals surface area contributed by atoms with Crippen molar-refractivity contribution in [1.82, 2.24) is 0 Å². The molecule has 0 saturated heterocycles. The van der Waals surface area contributed by atoms with Gasteiger partial charge in [-0.15, -0.1) is 0 Å². The van der Waals surface area contributed by atoms with Gasteiger partial charge in [-0.2, -0.15) is 0 Å². The molecule has 2 rings (SSSR count). The van der Waals surface area contributed by atoms with E-state index in [9.17, 15) is 13.6 Å². The van der Waals surface area contributed by atoms with Crippen molar-refractivity contribution in [3.05, 3.63) is 63.6 Å². The second-order valence-electron chi connectivity index (χ2n) is 3.99. The van der Waals surface area contributed by atoms with Crippen molar-refractivity contribution in [2.45, 2.75) is 6.61 Å². The fourth-order valence-corrected chi connectivity index (χ4v) is 2.05. The molecule has 0 amide bonds. The smallest absolute Gasteiger partial charge is 0.335 e. The number of carbonyl (C=O) groups is 1. The molecule has 0 bridgehead atoms. The van der Waals surface area contributed by atoms with Crippen LogP contribution in [0.1, 0.15) is 15.9 Å². The molecule has 20 heavy (non-hydrogen) atoms. The largest absolute Gasteiger partial charge is 0.483 e. The van der Waals surface area contributed by atoms with Crippen LogP contribution >= 0.6 is 15.9 Å². The van der Waals surface area contributed by atoms with E-state index in [1.165, 1.54) is 0 Å². The van der Waals surface area contributed by atoms with Gasteiger partial charge in [0.25, 0.3) is 0 Å². The van der Waals surface area contributed by atoms with Crippen molar-refractivity contribution >= 4 is 21.9 Å². The SMILES string of the molecule is O=C(O)c1cc(F)c(OCc2cccc(Br)c2)c(F)c1. The molecule has 6 heteroatoms. The van der Waals surface area contributed by atoms with E-state index in [0.29, 0.717) is 0 Å². The number of carboxylic acids is 1. The first-order valence-electron chi connectivity index (χ1n) is 5.57. The second kappa shape index (κ2) is 6.00. The standard InChI is InChI=1S/C14H9BrF2O3/c15-10-3-1-2-8(4-10)7-20-13-11(16)5-9(14(18)19)6-12(13)17/h1-6H,7H2,(H,18,19). The number of hydrogen-bond acceptors (Lipinski definition) is 2. The Bertz CT molecular complexity index is 636. The lowest BCUT2D eigenvalue weighted by atomic mass is 10.2. The Morgan fingerprint density at radius 2 is 1.85 bits per heavy atom. The van der Waals surface area contributed by atoms with Gasteiger partial charge >= 0.3 is 5.97 Å². The van der Waals surface area contributed by atoms with E-state index in [1.54, 1.807) is 18.2 Å². The molecule has 0 atom stereocenters. The summed E-state index contributed by atoms with van der Waals surface area (Å²) >= 11 is 3.27. The van der Waals surface area contributed by atoms with E-state index in [1.807, 2.05) is 6.07 Å². The first-order valence-corrected chi connectivity index (χ1v) is 6.36. The predicted octanol–water partition coefficient (Wildman–Crippen LogP) is 4.00. The van der Waals surface area contributed by atoms with Gasteiger partial charge in [-0.25, -0.2) is 13.6 Å². The summed E-state index contributed by atoms with van der Waals surface area (Å²) in [6.07, 6.45) is 0. The van der Waals surface area contributed by atoms with Gasteiger partial charge in [-0.05, 0) is 29.8 Å². The van der Waals surface area contributed by atoms with Crippen molar-refractivity contribution in [2.24, 2.45) is 0 Å². The number of hydrogen-bond donors (Lipinski definition) is 1. The van der Waals surface area contributed by atoms with Crippen LogP contribution in [-0.2, 0) is 6.61 Å². The lowest BCUT2D eigenvalue weighted by molar-refractivity contribution is 0.0695. The lowest BCUT2D eigenvalue weighted by Crippen LogP contribution is -2.04. The number of ether oxygens (including phenoxy) is 1. The van der Waals surface area contributed by atoms with Crippen molar-refractivity contribution < 1.29 is 23.4 Å². The van der Waals surface area contributed by atoms with Crippen LogP contribution in [0.2, 0.25) is 0 Å². The maximum absolute atomic E-state index is 13.6. The molecule has 0 spiro atoms. The van der Waals surface area contributed by atoms with Crippen LogP contribution in [0.4, 0.5) is 8.78 Å². The van der Waals surface area contributed by atoms with E-state index in [2.05, 4.69) is 15.9 Å². The topological polar surface area (TPSA) is 46.5 Å². The van der Waals surface area contributed by atoms with Crippen LogP contribution in [0, 0.1) is 11.6 Å². The molecule has 104 valence electrons. The Morgan fingerprint density at radius 3 is 2.40 bits per heavy atom. The zero-order valence-corrected chi connectivity index (χ0v) is 11.7. The molecule has 2 aromatic carbocycles. The van der Waals surface area contributed by atoms with E-state index in [4.69, 9.17) is 9.84 Å². The summed E-state index contributed by atoms with van der Waals surface area (Å²) in [5.74, 6) is -4.08. The van der Waals surface area contributed by atoms with Crippen molar-refractivity contribution in [3.8, 4) is 5.75 Å². The van der Waals surface area contributed by atoms with Crippen LogP contribution < -0.4 is 4.74 Å². The number of benzene rings is 2. The molecule has 0 aliphatic rings. The Hall–Kier alpha value is -1.95. The van der Waals surface area contributed by atoms with E-state index in [-0.39, 0.29) is 6.61 Å². The van der Waals surface area contributed by atoms with Crippen LogP contribution in [0.15, 0.2) is 40.9 Å². The minimum Gasteiger partial charge on any atom is -0.483 e. The maximum Gasteiger partial charge on any atom is 0.335 e. The molecule has 0 aromatic heterocycles. The van der Waals surface area contributed by atoms with Gasteiger partial charge in [0.15, 0.2) is 17.4 Å². The van der Waals surface area contributed by atoms with E-state index >= 15 is 0 Å². The zero-order chi connectivity index (χ0) is 14.7. The highest BCUT2D eigenvalue weighted by atomic mass is 79.9. The normalized spacial score (nSPS) is 10.3. The number of aromatic carboxylic acids is 1. The van der Waals surface area contributed by atoms with Crippen LogP contribution in [-0.4, -0.2) is 11.1 Å². The summed E-state index contributed by atoms with van der Waals surface area (Å²) in [5.41, 5.74) is 0.260. The molecule has 0 saturated carbocycles. The summed E-state index contributed by atoms with van der Waals surface area (Å²) in [6.45, 7) is -0.0281. The molecule has 0 heterocycles. The highest BCUT2D eigenvalue weighted by molar-refractivity contribution is 9.10. The summed E-state index contributed by atoms with van der Waals surface area (Å²) < 4.78 is 33.1. The van der Waals surface area contributed by atoms with Crippen molar-refractivity contribution in [1.29, 1.82) is 0 Å². The molecular formula is C14H9BrF2O3. The Morgan fingerprint density at radius 1 is 1.20 bits per heavy atom. The number of halogens is 3. The average Bonchev–Trinajstić information content (AvgIpc) is 2.37. The molecule has 0 unspecified atom stereocenters. The molecule has 0 radical (unpaired) electrons. The fraction of sp³-hybridized carbons (Fsp3) is 0.0714. The third kappa shape index (κ3) is 3.33. The molecule has 0 fully saturated rings. The summed E-state index contributed by atoms with van der Waals surface area (Å²) in [6, 6.07) is 8.52. The molecule has 1 N–H and O–H groups in total. The molecular weight excluding hydrogens is 334 g/mol. The maximum atomic E-state index is 13.6. The minimum absolute atomic E-state index is 0.0281. The van der Waals surface area contributed by atoms with Gasteiger partial charge in [-0.3, -0.25) is 0 Å². The average molecular weight is 343 g/mol. The minimum atomic E-state index is -1.40. The first-order chi connectivity index (χ1) is 9.47. The predicted molar refractivity (Wildman–Crippen MR) is 71.8 cm³/mol. The van der Waals surface area contributed by atoms with Gasteiger partial charge < -0.3 is 9.84 Å². The van der Waals surface area contributed by atoms with Gasteiger partial charge in [0.2, 0.25) is 0 Å². The highest BCUT2D eigenvalue weighted by Gasteiger charge is 2.16. The quantitative estimate of drug-likeness (QED) is 0.913.